The Morgan fingerprint density at radius 2 is 0.985 bits per heavy atom. The zero-order valence-corrected chi connectivity index (χ0v) is 40.0. The van der Waals surface area contributed by atoms with Gasteiger partial charge in [-0.3, -0.25) is 44.8 Å². The molecule has 2 amide bonds. The molecule has 0 unspecified atom stereocenters. The first kappa shape index (κ1) is 50.0. The topological polar surface area (TPSA) is 136 Å². The first-order valence-electron chi connectivity index (χ1n) is 21.6. The minimum absolute atomic E-state index is 0. The summed E-state index contributed by atoms with van der Waals surface area (Å²) >= 11 is 12.1. The van der Waals surface area contributed by atoms with Gasteiger partial charge in [0.2, 0.25) is 0 Å². The maximum atomic E-state index is 12.8. The van der Waals surface area contributed by atoms with Gasteiger partial charge in [0.15, 0.2) is 0 Å². The van der Waals surface area contributed by atoms with Gasteiger partial charge < -0.3 is 4.74 Å². The van der Waals surface area contributed by atoms with Crippen molar-refractivity contribution in [2.45, 2.75) is 39.0 Å². The van der Waals surface area contributed by atoms with E-state index in [2.05, 4.69) is 60.3 Å². The predicted octanol–water partition coefficient (Wildman–Crippen LogP) is 11.4. The van der Waals surface area contributed by atoms with E-state index in [-0.39, 0.29) is 40.7 Å². The number of rotatable bonds is 15. The van der Waals surface area contributed by atoms with Crippen molar-refractivity contribution in [2.24, 2.45) is 0 Å². The largest absolute Gasteiger partial charge is 0.366 e. The fourth-order valence-electron chi connectivity index (χ4n) is 6.96. The second-order valence-electron chi connectivity index (χ2n) is 15.2. The summed E-state index contributed by atoms with van der Waals surface area (Å²) in [4.78, 5) is 52.5. The van der Waals surface area contributed by atoms with Crippen molar-refractivity contribution >= 4 is 40.7 Å². The van der Waals surface area contributed by atoms with Crippen molar-refractivity contribution in [3.05, 3.63) is 209 Å². The van der Waals surface area contributed by atoms with Crippen LogP contribution in [-0.2, 0) is 37.1 Å². The van der Waals surface area contributed by atoms with Crippen LogP contribution in [0.3, 0.4) is 0 Å². The number of carbonyl (C=O) groups excluding carboxylic acids is 2. The van der Waals surface area contributed by atoms with Crippen LogP contribution in [0.4, 0.5) is 5.69 Å². The number of ether oxygens (including phenoxy) is 1. The van der Waals surface area contributed by atoms with E-state index < -0.39 is 11.8 Å². The number of nitrogens with zero attached hydrogens (tertiary/aromatic N) is 7. The second kappa shape index (κ2) is 26.1. The molecule has 9 rings (SSSR count). The first-order chi connectivity index (χ1) is 32.3. The molecular formula is C53H48Cl2N8O3Ru. The summed E-state index contributed by atoms with van der Waals surface area (Å²) in [7, 11) is 0. The summed E-state index contributed by atoms with van der Waals surface area (Å²) in [6.45, 7) is 4.12. The smallest absolute Gasteiger partial charge is 0.266 e. The number of imide groups is 1. The zero-order chi connectivity index (χ0) is 45.9. The maximum Gasteiger partial charge on any atom is 0.266 e. The number of anilines is 1. The summed E-state index contributed by atoms with van der Waals surface area (Å²) in [5.74, 6) is -0.797. The molecule has 0 saturated carbocycles. The molecule has 2 aromatic carbocycles. The molecule has 1 aliphatic rings. The van der Waals surface area contributed by atoms with Crippen molar-refractivity contribution in [3.8, 4) is 34.2 Å². The van der Waals surface area contributed by atoms with Crippen molar-refractivity contribution in [1.82, 2.24) is 35.2 Å². The van der Waals surface area contributed by atoms with Crippen LogP contribution in [-0.4, -0.2) is 61.6 Å². The molecule has 1 aliphatic heterocycles. The van der Waals surface area contributed by atoms with Crippen LogP contribution in [0.25, 0.3) is 34.2 Å². The molecule has 8 aromatic rings. The van der Waals surface area contributed by atoms with E-state index in [1.54, 1.807) is 36.9 Å². The molecule has 0 saturated heterocycles. The SMILES string of the molecule is Cc1ccnc(-c2cc(CCCCNCOCCCc3ccc(N4C(=O)c5cc(Cl)c(Cl)cc5C4=O)cc3)ccn2)c1.[Ru].c1ccc(-c2ccccn2)nc1.c1ccc(-c2ccccn2)nc1. The molecule has 0 spiro atoms. The van der Waals surface area contributed by atoms with Crippen molar-refractivity contribution in [1.29, 1.82) is 0 Å². The van der Waals surface area contributed by atoms with Crippen LogP contribution in [0.15, 0.2) is 171 Å². The summed E-state index contributed by atoms with van der Waals surface area (Å²) in [5, 5.41) is 3.84. The number of pyridine rings is 6. The number of benzene rings is 2. The molecule has 11 nitrogen and oxygen atoms in total. The fourth-order valence-corrected chi connectivity index (χ4v) is 7.28. The molecule has 7 heterocycles. The molecule has 0 bridgehead atoms. The van der Waals surface area contributed by atoms with Gasteiger partial charge in [0, 0.05) is 63.3 Å². The Morgan fingerprint density at radius 3 is 1.48 bits per heavy atom. The van der Waals surface area contributed by atoms with E-state index in [4.69, 9.17) is 27.9 Å². The fraction of sp³-hybridized carbons (Fsp3) is 0.170. The number of aryl methyl sites for hydroxylation is 3. The van der Waals surface area contributed by atoms with Gasteiger partial charge >= 0.3 is 0 Å². The van der Waals surface area contributed by atoms with Gasteiger partial charge in [-0.25, -0.2) is 4.90 Å². The Kier molecular flexibility index (Phi) is 19.5. The zero-order valence-electron chi connectivity index (χ0n) is 36.8. The van der Waals surface area contributed by atoms with E-state index in [0.717, 1.165) is 83.3 Å². The van der Waals surface area contributed by atoms with Gasteiger partial charge in [0.1, 0.15) is 0 Å². The number of nitrogens with one attached hydrogen (secondary N) is 1. The van der Waals surface area contributed by atoms with Gasteiger partial charge in [-0.1, -0.05) is 59.6 Å². The number of unbranched alkanes of at least 4 members (excludes halogenated alkanes) is 1. The molecule has 0 radical (unpaired) electrons. The van der Waals surface area contributed by atoms with Gasteiger partial charge in [-0.2, -0.15) is 0 Å². The summed E-state index contributed by atoms with van der Waals surface area (Å²) in [5.41, 5.74) is 10.1. The molecule has 340 valence electrons. The summed E-state index contributed by atoms with van der Waals surface area (Å²) in [6.07, 6.45) is 15.6. The number of fused-ring (bicyclic) bond motifs is 1. The Morgan fingerprint density at radius 1 is 0.507 bits per heavy atom. The van der Waals surface area contributed by atoms with Crippen molar-refractivity contribution < 1.29 is 33.8 Å². The first-order valence-corrected chi connectivity index (χ1v) is 22.4. The molecule has 0 fully saturated rings. The predicted molar refractivity (Wildman–Crippen MR) is 261 cm³/mol. The normalized spacial score (nSPS) is 11.4. The van der Waals surface area contributed by atoms with Crippen LogP contribution in [0, 0.1) is 6.92 Å². The molecule has 0 atom stereocenters. The molecule has 67 heavy (non-hydrogen) atoms. The third-order valence-electron chi connectivity index (χ3n) is 10.3. The van der Waals surface area contributed by atoms with Crippen LogP contribution in [0.2, 0.25) is 10.0 Å². The van der Waals surface area contributed by atoms with E-state index in [0.29, 0.717) is 19.0 Å². The number of hydrogen-bond acceptors (Lipinski definition) is 10. The third kappa shape index (κ3) is 14.5. The van der Waals surface area contributed by atoms with Crippen LogP contribution >= 0.6 is 23.2 Å². The Labute approximate surface area is 413 Å². The molecular weight excluding hydrogens is 969 g/mol. The molecule has 6 aromatic heterocycles. The van der Waals surface area contributed by atoms with E-state index in [9.17, 15) is 9.59 Å². The average Bonchev–Trinajstić information content (AvgIpc) is 3.60. The minimum atomic E-state index is -0.399. The van der Waals surface area contributed by atoms with Gasteiger partial charge in [-0.15, -0.1) is 0 Å². The second-order valence-corrected chi connectivity index (χ2v) is 16.0. The van der Waals surface area contributed by atoms with Crippen molar-refractivity contribution in [2.75, 3.05) is 24.8 Å². The summed E-state index contributed by atoms with van der Waals surface area (Å²) in [6, 6.07) is 41.8. The quantitative estimate of drug-likeness (QED) is 0.0457. The number of aromatic nitrogens is 6. The van der Waals surface area contributed by atoms with E-state index in [1.165, 1.54) is 23.3 Å². The Bertz CT molecular complexity index is 2600. The standard InChI is InChI=1S/C33H32Cl2N4O3.2C10H8N2.Ru/c1-22-11-14-37-30(17-22)31-18-24(12-15-38-31)5-2-3-13-36-21-42-16-4-6-23-7-9-25(10-8-23)39-32(40)26-19-28(34)29(35)20-27(26)33(39)41;2*1-3-7-11-9(5-1)10-6-2-4-8-12-10;/h7-12,14-15,17-20,36H,2-6,13,16,21H2,1H3;2*1-8H;. The van der Waals surface area contributed by atoms with E-state index >= 15 is 0 Å². The Hall–Kier alpha value is -6.40. The van der Waals surface area contributed by atoms with E-state index in [1.807, 2.05) is 103 Å². The summed E-state index contributed by atoms with van der Waals surface area (Å²) < 4.78 is 5.74. The number of hydrogen-bond donors (Lipinski definition) is 1. The number of amides is 2. The number of halogens is 2. The monoisotopic (exact) mass is 1020 g/mol. The third-order valence-corrected chi connectivity index (χ3v) is 11.1. The van der Waals surface area contributed by atoms with Crippen molar-refractivity contribution in [3.63, 3.8) is 0 Å². The molecule has 14 heteroatoms. The van der Waals surface area contributed by atoms with Gasteiger partial charge in [0.05, 0.1) is 67.8 Å². The molecule has 1 N–H and O–H groups in total. The van der Waals surface area contributed by atoms with Gasteiger partial charge in [-0.05, 0) is 159 Å². The average molecular weight is 1020 g/mol. The van der Waals surface area contributed by atoms with Crippen LogP contribution in [0.5, 0.6) is 0 Å². The Balaban J connectivity index is 0.000000238. The minimum Gasteiger partial charge on any atom is -0.366 e. The van der Waals surface area contributed by atoms with Crippen LogP contribution in [0.1, 0.15) is 56.7 Å². The molecule has 0 aliphatic carbocycles. The van der Waals surface area contributed by atoms with Gasteiger partial charge in [0.25, 0.3) is 11.8 Å². The van der Waals surface area contributed by atoms with Crippen LogP contribution < -0.4 is 10.2 Å². The number of carbonyl (C=O) groups is 2. The maximum absolute atomic E-state index is 12.8.